The first-order chi connectivity index (χ1) is 15.4. The molecule has 0 atom stereocenters. The van der Waals surface area contributed by atoms with Crippen LogP contribution in [-0.2, 0) is 0 Å². The Hall–Kier alpha value is -3.37. The molecule has 0 aliphatic carbocycles. The van der Waals surface area contributed by atoms with Gasteiger partial charge in [-0.2, -0.15) is 4.98 Å². The van der Waals surface area contributed by atoms with Gasteiger partial charge in [-0.15, -0.1) is 0 Å². The lowest BCUT2D eigenvalue weighted by atomic mass is 10.2. The number of benzene rings is 2. The summed E-state index contributed by atoms with van der Waals surface area (Å²) < 4.78 is 6.68. The molecule has 3 aromatic rings. The Balaban J connectivity index is 1.57. The Labute approximate surface area is 194 Å². The molecule has 1 fully saturated rings. The minimum atomic E-state index is -0.691. The number of carbonyl (C=O) groups excluding carboxylic acids is 1. The number of primary amides is 1. The third kappa shape index (κ3) is 5.09. The third-order valence-electron chi connectivity index (χ3n) is 5.12. The highest BCUT2D eigenvalue weighted by molar-refractivity contribution is 9.10. The van der Waals surface area contributed by atoms with E-state index in [0.29, 0.717) is 11.4 Å². The number of halogens is 1. The molecule has 10 heteroatoms. The lowest BCUT2D eigenvalue weighted by Gasteiger charge is -2.34. The molecule has 0 saturated carbocycles. The maximum Gasteiger partial charge on any atom is 0.271 e. The van der Waals surface area contributed by atoms with Gasteiger partial charge in [0.05, 0.1) is 11.9 Å². The van der Waals surface area contributed by atoms with Gasteiger partial charge in [-0.3, -0.25) is 4.79 Å². The number of aromatic nitrogens is 2. The van der Waals surface area contributed by atoms with E-state index in [1.165, 1.54) is 6.20 Å². The summed E-state index contributed by atoms with van der Waals surface area (Å²) in [7, 11) is 2.13. The quantitative estimate of drug-likeness (QED) is 0.443. The Morgan fingerprint density at radius 3 is 2.62 bits per heavy atom. The number of amides is 1. The van der Waals surface area contributed by atoms with E-state index >= 15 is 0 Å². The first kappa shape index (κ1) is 21.8. The number of rotatable bonds is 6. The van der Waals surface area contributed by atoms with Gasteiger partial charge >= 0.3 is 0 Å². The molecular weight excluding hydrogens is 474 g/mol. The Bertz CT molecular complexity index is 1130. The molecule has 0 radical (unpaired) electrons. The molecule has 1 aliphatic heterocycles. The molecule has 9 nitrogen and oxygen atoms in total. The van der Waals surface area contributed by atoms with Crippen LogP contribution in [0.1, 0.15) is 10.5 Å². The molecule has 0 bridgehead atoms. The average Bonchev–Trinajstić information content (AvgIpc) is 2.75. The van der Waals surface area contributed by atoms with Crippen molar-refractivity contribution in [3.05, 3.63) is 58.8 Å². The highest BCUT2D eigenvalue weighted by Crippen LogP contribution is 2.32. The molecule has 4 rings (SSSR count). The lowest BCUT2D eigenvalue weighted by Crippen LogP contribution is -2.44. The number of nitrogen functional groups attached to an aromatic ring is 1. The molecule has 1 aromatic heterocycles. The van der Waals surface area contributed by atoms with Crippen molar-refractivity contribution in [2.45, 2.75) is 0 Å². The van der Waals surface area contributed by atoms with E-state index in [-0.39, 0.29) is 17.4 Å². The summed E-state index contributed by atoms with van der Waals surface area (Å²) in [6.45, 7) is 3.96. The zero-order valence-electron chi connectivity index (χ0n) is 17.6. The second-order valence-corrected chi connectivity index (χ2v) is 8.38. The van der Waals surface area contributed by atoms with Crippen LogP contribution in [-0.4, -0.2) is 54.0 Å². The van der Waals surface area contributed by atoms with Crippen molar-refractivity contribution in [3.8, 4) is 11.6 Å². The van der Waals surface area contributed by atoms with Crippen LogP contribution in [0.25, 0.3) is 0 Å². The molecule has 1 amide bonds. The minimum absolute atomic E-state index is 0.0178. The summed E-state index contributed by atoms with van der Waals surface area (Å²) in [6.07, 6.45) is 1.35. The molecule has 5 N–H and O–H groups in total. The van der Waals surface area contributed by atoms with Crippen LogP contribution >= 0.6 is 15.9 Å². The first-order valence-corrected chi connectivity index (χ1v) is 10.9. The molecule has 0 spiro atoms. The normalized spacial score (nSPS) is 14.2. The standard InChI is InChI=1S/C22H24BrN7O2/c1-29-7-9-30(10-8-29)18-6-5-15(12-17(18)23)27-22-20(21(25)31)26-13-19(28-22)32-16-4-2-3-14(24)11-16/h2-6,11-13H,7-10,24H2,1H3,(H2,25,31)(H,27,28). The molecule has 166 valence electrons. The van der Waals surface area contributed by atoms with Gasteiger partial charge in [0.25, 0.3) is 5.91 Å². The fraction of sp³-hybridized carbons (Fsp3) is 0.227. The predicted molar refractivity (Wildman–Crippen MR) is 129 cm³/mol. The van der Waals surface area contributed by atoms with Crippen molar-refractivity contribution < 1.29 is 9.53 Å². The second-order valence-electron chi connectivity index (χ2n) is 7.53. The van der Waals surface area contributed by atoms with Gasteiger partial charge in [0.2, 0.25) is 5.88 Å². The summed E-state index contributed by atoms with van der Waals surface area (Å²) >= 11 is 3.66. The Kier molecular flexibility index (Phi) is 6.42. The van der Waals surface area contributed by atoms with Crippen molar-refractivity contribution in [1.29, 1.82) is 0 Å². The smallest absolute Gasteiger partial charge is 0.271 e. The fourth-order valence-electron chi connectivity index (χ4n) is 3.41. The van der Waals surface area contributed by atoms with Gasteiger partial charge in [-0.1, -0.05) is 6.07 Å². The van der Waals surface area contributed by atoms with E-state index in [2.05, 4.69) is 48.1 Å². The summed E-state index contributed by atoms with van der Waals surface area (Å²) in [5, 5.41) is 3.13. The van der Waals surface area contributed by atoms with Crippen molar-refractivity contribution in [1.82, 2.24) is 14.9 Å². The van der Waals surface area contributed by atoms with Crippen LogP contribution in [0.2, 0.25) is 0 Å². The van der Waals surface area contributed by atoms with Gasteiger partial charge in [-0.05, 0) is 53.3 Å². The number of nitrogens with zero attached hydrogens (tertiary/aromatic N) is 4. The first-order valence-electron chi connectivity index (χ1n) is 10.1. The molecular formula is C22H24BrN7O2. The van der Waals surface area contributed by atoms with Crippen molar-refractivity contribution in [2.24, 2.45) is 5.73 Å². The third-order valence-corrected chi connectivity index (χ3v) is 5.75. The number of likely N-dealkylation sites (N-methyl/N-ethyl adjacent to an activating group) is 1. The maximum absolute atomic E-state index is 11.9. The molecule has 1 aliphatic rings. The number of hydrogen-bond donors (Lipinski definition) is 3. The molecule has 2 heterocycles. The summed E-state index contributed by atoms with van der Waals surface area (Å²) in [5.74, 6) is 0.231. The van der Waals surface area contributed by atoms with Crippen LogP contribution < -0.4 is 26.4 Å². The van der Waals surface area contributed by atoms with Gasteiger partial charge < -0.3 is 31.3 Å². The van der Waals surface area contributed by atoms with Crippen molar-refractivity contribution in [3.63, 3.8) is 0 Å². The maximum atomic E-state index is 11.9. The average molecular weight is 498 g/mol. The number of anilines is 4. The number of carbonyl (C=O) groups is 1. The van der Waals surface area contributed by atoms with Crippen LogP contribution in [0, 0.1) is 0 Å². The molecule has 1 saturated heterocycles. The van der Waals surface area contributed by atoms with Crippen LogP contribution in [0.3, 0.4) is 0 Å². The number of ether oxygens (including phenoxy) is 1. The van der Waals surface area contributed by atoms with Crippen LogP contribution in [0.5, 0.6) is 11.6 Å². The van der Waals surface area contributed by atoms with Crippen molar-refractivity contribution in [2.75, 3.05) is 49.2 Å². The monoisotopic (exact) mass is 497 g/mol. The molecule has 2 aromatic carbocycles. The van der Waals surface area contributed by atoms with Gasteiger partial charge in [-0.25, -0.2) is 4.98 Å². The van der Waals surface area contributed by atoms with E-state index in [4.69, 9.17) is 16.2 Å². The van der Waals surface area contributed by atoms with E-state index in [9.17, 15) is 4.79 Å². The van der Waals surface area contributed by atoms with E-state index in [1.54, 1.807) is 24.3 Å². The van der Waals surface area contributed by atoms with E-state index in [1.807, 2.05) is 18.2 Å². The summed E-state index contributed by atoms with van der Waals surface area (Å²) in [6, 6.07) is 12.8. The summed E-state index contributed by atoms with van der Waals surface area (Å²) in [4.78, 5) is 25.1. The topological polar surface area (TPSA) is 123 Å². The molecule has 0 unspecified atom stereocenters. The Morgan fingerprint density at radius 2 is 1.94 bits per heavy atom. The van der Waals surface area contributed by atoms with Crippen molar-refractivity contribution >= 4 is 44.7 Å². The van der Waals surface area contributed by atoms with Gasteiger partial charge in [0, 0.05) is 48.1 Å². The fourth-order valence-corrected chi connectivity index (χ4v) is 4.04. The van der Waals surface area contributed by atoms with Gasteiger partial charge in [0.1, 0.15) is 5.75 Å². The lowest BCUT2D eigenvalue weighted by molar-refractivity contribution is 0.0996. The zero-order valence-corrected chi connectivity index (χ0v) is 19.2. The van der Waals surface area contributed by atoms with Crippen LogP contribution in [0.4, 0.5) is 22.9 Å². The second kappa shape index (κ2) is 9.41. The number of piperazine rings is 1. The number of nitrogens with two attached hydrogens (primary N) is 2. The van der Waals surface area contributed by atoms with E-state index < -0.39 is 5.91 Å². The van der Waals surface area contributed by atoms with E-state index in [0.717, 1.165) is 42.0 Å². The van der Waals surface area contributed by atoms with Gasteiger partial charge in [0.15, 0.2) is 11.5 Å². The SMILES string of the molecule is CN1CCN(c2ccc(Nc3nc(Oc4cccc(N)c4)cnc3C(N)=O)cc2Br)CC1. The highest BCUT2D eigenvalue weighted by atomic mass is 79.9. The highest BCUT2D eigenvalue weighted by Gasteiger charge is 2.18. The largest absolute Gasteiger partial charge is 0.437 e. The Morgan fingerprint density at radius 1 is 1.16 bits per heavy atom. The minimum Gasteiger partial charge on any atom is -0.437 e. The zero-order chi connectivity index (χ0) is 22.7. The van der Waals surface area contributed by atoms with Crippen LogP contribution in [0.15, 0.2) is 53.1 Å². The number of nitrogens with one attached hydrogen (secondary N) is 1. The number of hydrogen-bond acceptors (Lipinski definition) is 8. The summed E-state index contributed by atoms with van der Waals surface area (Å²) in [5.41, 5.74) is 13.7. The predicted octanol–water partition coefficient (Wildman–Crippen LogP) is 3.21. The molecule has 32 heavy (non-hydrogen) atoms.